The van der Waals surface area contributed by atoms with E-state index in [0.717, 1.165) is 16.7 Å². The van der Waals surface area contributed by atoms with Gasteiger partial charge in [0.05, 0.1) is 5.75 Å². The van der Waals surface area contributed by atoms with Gasteiger partial charge in [-0.2, -0.15) is 0 Å². The van der Waals surface area contributed by atoms with E-state index in [-0.39, 0.29) is 11.6 Å². The van der Waals surface area contributed by atoms with Crippen molar-refractivity contribution in [3.8, 4) is 0 Å². The molecule has 1 N–H and O–H groups in total. The van der Waals surface area contributed by atoms with Gasteiger partial charge < -0.3 is 5.11 Å². The molecule has 0 aromatic heterocycles. The molecule has 0 heterocycles. The highest BCUT2D eigenvalue weighted by Crippen LogP contribution is 2.43. The number of fused-ring (bicyclic) bond motifs is 1. The molecule has 0 amide bonds. The van der Waals surface area contributed by atoms with Gasteiger partial charge in [0.15, 0.2) is 0 Å². The molecular weight excluding hydrogens is 395 g/mol. The highest BCUT2D eigenvalue weighted by molar-refractivity contribution is 8.00. The number of hydrogen-bond donors (Lipinski definition) is 1. The third-order valence-electron chi connectivity index (χ3n) is 6.38. The lowest BCUT2D eigenvalue weighted by Crippen LogP contribution is -2.04. The molecule has 3 atom stereocenters. The highest BCUT2D eigenvalue weighted by Gasteiger charge is 2.27. The van der Waals surface area contributed by atoms with Crippen molar-refractivity contribution in [1.29, 1.82) is 0 Å². The van der Waals surface area contributed by atoms with Gasteiger partial charge >= 0.3 is 5.97 Å². The maximum atomic E-state index is 14.2. The van der Waals surface area contributed by atoms with Gasteiger partial charge in [0, 0.05) is 10.3 Å². The Hall–Kier alpha value is -2.33. The molecular formula is C26H27FO2S. The van der Waals surface area contributed by atoms with Gasteiger partial charge in [0.2, 0.25) is 0 Å². The molecule has 0 bridgehead atoms. The van der Waals surface area contributed by atoms with Crippen LogP contribution in [0.5, 0.6) is 0 Å². The molecule has 4 rings (SSSR count). The number of benzene rings is 3. The van der Waals surface area contributed by atoms with E-state index in [1.165, 1.54) is 42.2 Å². The van der Waals surface area contributed by atoms with Crippen LogP contribution in [-0.2, 0) is 4.79 Å². The largest absolute Gasteiger partial charge is 0.481 e. The maximum Gasteiger partial charge on any atom is 0.313 e. The van der Waals surface area contributed by atoms with E-state index in [1.807, 2.05) is 42.5 Å². The molecule has 0 saturated heterocycles. The fourth-order valence-electron chi connectivity index (χ4n) is 4.92. The smallest absolute Gasteiger partial charge is 0.313 e. The molecule has 1 aliphatic carbocycles. The Bertz CT molecular complexity index is 1030. The lowest BCUT2D eigenvalue weighted by Gasteiger charge is -2.19. The fourth-order valence-corrected chi connectivity index (χ4v) is 5.53. The van der Waals surface area contributed by atoms with Crippen LogP contribution in [0.2, 0.25) is 0 Å². The zero-order valence-corrected chi connectivity index (χ0v) is 18.0. The molecule has 1 aliphatic rings. The monoisotopic (exact) mass is 422 g/mol. The SMILES string of the molecule is C[C@@H](CC1CCC(c2ccc(SCC(=O)O)cc2)C1)c1ccc(F)c2ccccc12. The fraction of sp³-hybridized carbons (Fsp3) is 0.346. The minimum atomic E-state index is -0.786. The topological polar surface area (TPSA) is 37.3 Å². The summed E-state index contributed by atoms with van der Waals surface area (Å²) in [7, 11) is 0. The van der Waals surface area contributed by atoms with Crippen LogP contribution in [0.3, 0.4) is 0 Å². The normalized spacial score (nSPS) is 19.8. The quantitative estimate of drug-likeness (QED) is 0.408. The van der Waals surface area contributed by atoms with Crippen LogP contribution in [0, 0.1) is 11.7 Å². The van der Waals surface area contributed by atoms with Crippen LogP contribution in [0.4, 0.5) is 4.39 Å². The molecule has 30 heavy (non-hydrogen) atoms. The number of rotatable bonds is 7. The summed E-state index contributed by atoms with van der Waals surface area (Å²) < 4.78 is 14.2. The Morgan fingerprint density at radius 3 is 2.53 bits per heavy atom. The van der Waals surface area contributed by atoms with Gasteiger partial charge in [-0.1, -0.05) is 49.4 Å². The maximum absolute atomic E-state index is 14.2. The number of carboxylic acid groups (broad SMARTS) is 1. The first kappa shape index (κ1) is 20.9. The molecule has 3 aromatic rings. The minimum Gasteiger partial charge on any atom is -0.481 e. The summed E-state index contributed by atoms with van der Waals surface area (Å²) in [4.78, 5) is 11.7. The van der Waals surface area contributed by atoms with E-state index in [9.17, 15) is 9.18 Å². The summed E-state index contributed by atoms with van der Waals surface area (Å²) in [6.45, 7) is 2.27. The number of thioether (sulfide) groups is 1. The van der Waals surface area contributed by atoms with Crippen molar-refractivity contribution in [2.24, 2.45) is 5.92 Å². The molecule has 4 heteroatoms. The molecule has 156 valence electrons. The number of carbonyl (C=O) groups is 1. The van der Waals surface area contributed by atoms with Gasteiger partial charge in [-0.15, -0.1) is 11.8 Å². The molecule has 0 radical (unpaired) electrons. The zero-order valence-electron chi connectivity index (χ0n) is 17.2. The van der Waals surface area contributed by atoms with Crippen molar-refractivity contribution >= 4 is 28.5 Å². The van der Waals surface area contributed by atoms with Crippen LogP contribution in [0.15, 0.2) is 65.6 Å². The summed E-state index contributed by atoms with van der Waals surface area (Å²) >= 11 is 1.36. The molecule has 1 fully saturated rings. The number of halogens is 1. The van der Waals surface area contributed by atoms with Gasteiger partial charge in [-0.05, 0) is 78.1 Å². The van der Waals surface area contributed by atoms with Crippen LogP contribution >= 0.6 is 11.8 Å². The van der Waals surface area contributed by atoms with Crippen molar-refractivity contribution in [3.05, 3.63) is 77.6 Å². The Kier molecular flexibility index (Phi) is 6.43. The average Bonchev–Trinajstić information content (AvgIpc) is 3.21. The van der Waals surface area contributed by atoms with Gasteiger partial charge in [0.1, 0.15) is 5.82 Å². The summed E-state index contributed by atoms with van der Waals surface area (Å²) in [6, 6.07) is 19.8. The van der Waals surface area contributed by atoms with Crippen molar-refractivity contribution in [2.75, 3.05) is 5.75 Å². The van der Waals surface area contributed by atoms with Crippen LogP contribution in [0.25, 0.3) is 10.8 Å². The third kappa shape index (κ3) is 4.70. The summed E-state index contributed by atoms with van der Waals surface area (Å²) in [5.41, 5.74) is 2.60. The van der Waals surface area contributed by atoms with E-state index in [1.54, 1.807) is 6.07 Å². The first-order valence-corrected chi connectivity index (χ1v) is 11.6. The number of hydrogen-bond acceptors (Lipinski definition) is 2. The Morgan fingerprint density at radius 2 is 1.80 bits per heavy atom. The van der Waals surface area contributed by atoms with Crippen molar-refractivity contribution in [3.63, 3.8) is 0 Å². The van der Waals surface area contributed by atoms with Gasteiger partial charge in [0.25, 0.3) is 0 Å². The number of carboxylic acids is 1. The number of aliphatic carboxylic acids is 1. The highest BCUT2D eigenvalue weighted by atomic mass is 32.2. The van der Waals surface area contributed by atoms with E-state index in [0.29, 0.717) is 23.1 Å². The van der Waals surface area contributed by atoms with Crippen molar-refractivity contribution in [2.45, 2.75) is 49.3 Å². The van der Waals surface area contributed by atoms with E-state index in [2.05, 4.69) is 19.1 Å². The molecule has 3 aromatic carbocycles. The van der Waals surface area contributed by atoms with E-state index < -0.39 is 5.97 Å². The second-order valence-electron chi connectivity index (χ2n) is 8.45. The van der Waals surface area contributed by atoms with Gasteiger partial charge in [-0.25, -0.2) is 4.39 Å². The lowest BCUT2D eigenvalue weighted by molar-refractivity contribution is -0.133. The standard InChI is InChI=1S/C26H27FO2S/c1-17(22-12-13-25(27)24-5-3-2-4-23(22)24)14-18-6-7-20(15-18)19-8-10-21(11-9-19)30-16-26(28)29/h2-5,8-13,17-18,20H,6-7,14-16H2,1H3,(H,28,29)/t17-,18?,20?/m0/s1. The molecule has 0 aliphatic heterocycles. The molecule has 1 saturated carbocycles. The Morgan fingerprint density at radius 1 is 1.07 bits per heavy atom. The second-order valence-corrected chi connectivity index (χ2v) is 9.50. The first-order valence-electron chi connectivity index (χ1n) is 10.6. The third-order valence-corrected chi connectivity index (χ3v) is 7.37. The van der Waals surface area contributed by atoms with E-state index >= 15 is 0 Å². The average molecular weight is 423 g/mol. The van der Waals surface area contributed by atoms with Crippen molar-refractivity contribution in [1.82, 2.24) is 0 Å². The van der Waals surface area contributed by atoms with E-state index in [4.69, 9.17) is 5.11 Å². The van der Waals surface area contributed by atoms with Crippen molar-refractivity contribution < 1.29 is 14.3 Å². The second kappa shape index (κ2) is 9.22. The van der Waals surface area contributed by atoms with Gasteiger partial charge in [-0.3, -0.25) is 4.79 Å². The molecule has 2 unspecified atom stereocenters. The lowest BCUT2D eigenvalue weighted by atomic mass is 9.86. The van der Waals surface area contributed by atoms with Crippen LogP contribution in [-0.4, -0.2) is 16.8 Å². The zero-order chi connectivity index (χ0) is 21.1. The predicted octanol–water partition coefficient (Wildman–Crippen LogP) is 7.23. The predicted molar refractivity (Wildman–Crippen MR) is 122 cm³/mol. The summed E-state index contributed by atoms with van der Waals surface area (Å²) in [5, 5.41) is 10.6. The Labute approximate surface area is 181 Å². The first-order chi connectivity index (χ1) is 14.5. The summed E-state index contributed by atoms with van der Waals surface area (Å²) in [5.74, 6) is 0.814. The van der Waals surface area contributed by atoms with Crippen LogP contribution in [0.1, 0.15) is 55.6 Å². The molecule has 2 nitrogen and oxygen atoms in total. The summed E-state index contributed by atoms with van der Waals surface area (Å²) in [6.07, 6.45) is 4.73. The minimum absolute atomic E-state index is 0.0980. The Balaban J connectivity index is 1.39. The van der Waals surface area contributed by atoms with Crippen LogP contribution < -0.4 is 0 Å². The molecule has 0 spiro atoms.